The Morgan fingerprint density at radius 1 is 1.14 bits per heavy atom. The monoisotopic (exact) mass is 482 g/mol. The minimum absolute atomic E-state index is 0.162. The third-order valence-electron chi connectivity index (χ3n) is 5.10. The van der Waals surface area contributed by atoms with Gasteiger partial charge in [-0.15, -0.1) is 0 Å². The highest BCUT2D eigenvalue weighted by atomic mass is 16.9. The second kappa shape index (κ2) is 11.6. The van der Waals surface area contributed by atoms with E-state index >= 15 is 0 Å². The van der Waals surface area contributed by atoms with Crippen molar-refractivity contribution >= 4 is 40.0 Å². The van der Waals surface area contributed by atoms with Crippen molar-refractivity contribution < 1.29 is 33.6 Å². The van der Waals surface area contributed by atoms with E-state index in [1.165, 1.54) is 12.2 Å². The molecule has 1 unspecified atom stereocenters. The van der Waals surface area contributed by atoms with Gasteiger partial charge in [0, 0.05) is 31.1 Å². The van der Waals surface area contributed by atoms with Crippen molar-refractivity contribution in [1.82, 2.24) is 10.0 Å². The Morgan fingerprint density at radius 3 is 2.57 bits per heavy atom. The topological polar surface area (TPSA) is 156 Å². The molecule has 182 valence electrons. The first-order valence-corrected chi connectivity index (χ1v) is 10.6. The quantitative estimate of drug-likeness (QED) is 0.117. The fourth-order valence-electron chi connectivity index (χ4n) is 3.67. The fraction of sp³-hybridized carbons (Fsp3) is 0.261. The molecule has 4 rings (SSSR count). The molecule has 1 amide bonds. The number of ether oxygens (including phenoxy) is 1. The van der Waals surface area contributed by atoms with Crippen LogP contribution in [-0.4, -0.2) is 46.8 Å². The standard InChI is InChI=1S/C23H22N3O5.NO3/c1-30-20-10-6-9-19-23(20)24-17-7-2-3-8-18(17)26(19)22(11-4-5-14-27)31-25-15-16(28)12-13-21(25)29;2-1(3)4/h2-3,6-10,12-14,22H,4-5,11,15H2,1H3;/q+1;-1. The number of amides is 1. The minimum atomic E-state index is -1.75. The molecule has 0 aliphatic carbocycles. The zero-order valence-corrected chi connectivity index (χ0v) is 18.7. The van der Waals surface area contributed by atoms with E-state index in [1.807, 2.05) is 47.0 Å². The minimum Gasteiger partial charge on any atom is -0.494 e. The Labute approximate surface area is 199 Å². The number of carbonyl (C=O) groups is 3. The van der Waals surface area contributed by atoms with Crippen LogP contribution < -0.4 is 9.30 Å². The van der Waals surface area contributed by atoms with Crippen molar-refractivity contribution in [3.63, 3.8) is 0 Å². The molecule has 1 aromatic heterocycles. The summed E-state index contributed by atoms with van der Waals surface area (Å²) in [4.78, 5) is 54.2. The van der Waals surface area contributed by atoms with Gasteiger partial charge in [-0.1, -0.05) is 18.2 Å². The number of aldehydes is 1. The van der Waals surface area contributed by atoms with Gasteiger partial charge in [-0.2, -0.15) is 4.57 Å². The number of aromatic nitrogens is 2. The number of rotatable bonds is 8. The number of methoxy groups -OCH3 is 1. The lowest BCUT2D eigenvalue weighted by Gasteiger charge is -2.25. The van der Waals surface area contributed by atoms with E-state index in [1.54, 1.807) is 7.11 Å². The maximum atomic E-state index is 12.3. The number of nitrogens with zero attached hydrogens (tertiary/aromatic N) is 4. The molecule has 1 aliphatic rings. The molecule has 1 atom stereocenters. The lowest BCUT2D eigenvalue weighted by atomic mass is 10.1. The van der Waals surface area contributed by atoms with Crippen LogP contribution in [0.2, 0.25) is 0 Å². The molecule has 0 radical (unpaired) electrons. The molecule has 12 nitrogen and oxygen atoms in total. The molecule has 0 saturated carbocycles. The summed E-state index contributed by atoms with van der Waals surface area (Å²) in [5.41, 5.74) is 2.92. The van der Waals surface area contributed by atoms with Gasteiger partial charge in [-0.3, -0.25) is 9.59 Å². The Hall–Kier alpha value is -4.45. The van der Waals surface area contributed by atoms with E-state index in [-0.39, 0.29) is 12.3 Å². The molecule has 1 aliphatic heterocycles. The van der Waals surface area contributed by atoms with Crippen LogP contribution in [-0.2, 0) is 19.2 Å². The van der Waals surface area contributed by atoms with Crippen molar-refractivity contribution in [2.45, 2.75) is 25.5 Å². The molecule has 12 heteroatoms. The van der Waals surface area contributed by atoms with Crippen LogP contribution in [0.25, 0.3) is 22.1 Å². The largest absolute Gasteiger partial charge is 0.494 e. The van der Waals surface area contributed by atoms with Gasteiger partial charge in [0.1, 0.15) is 18.3 Å². The predicted octanol–water partition coefficient (Wildman–Crippen LogP) is 2.21. The number of carbonyl (C=O) groups excluding carboxylic acids is 3. The Morgan fingerprint density at radius 2 is 1.86 bits per heavy atom. The van der Waals surface area contributed by atoms with Gasteiger partial charge in [0.15, 0.2) is 17.0 Å². The molecular weight excluding hydrogens is 460 g/mol. The van der Waals surface area contributed by atoms with Crippen LogP contribution in [0.15, 0.2) is 54.6 Å². The van der Waals surface area contributed by atoms with Gasteiger partial charge in [-0.25, -0.2) is 14.9 Å². The first-order valence-electron chi connectivity index (χ1n) is 10.6. The second-order valence-corrected chi connectivity index (χ2v) is 7.35. The van der Waals surface area contributed by atoms with Gasteiger partial charge in [0.25, 0.3) is 12.1 Å². The lowest BCUT2D eigenvalue weighted by Crippen LogP contribution is -2.48. The van der Waals surface area contributed by atoms with Crippen molar-refractivity contribution in [3.05, 3.63) is 69.9 Å². The van der Waals surface area contributed by atoms with Crippen LogP contribution in [0, 0.1) is 15.3 Å². The van der Waals surface area contributed by atoms with Crippen LogP contribution in [0.4, 0.5) is 0 Å². The number of hydrogen-bond donors (Lipinski definition) is 0. The van der Waals surface area contributed by atoms with Crippen molar-refractivity contribution in [3.8, 4) is 5.75 Å². The Balaban J connectivity index is 0.000000795. The number of fused-ring (bicyclic) bond motifs is 2. The summed E-state index contributed by atoms with van der Waals surface area (Å²) in [6.07, 6.45) is 4.01. The summed E-state index contributed by atoms with van der Waals surface area (Å²) >= 11 is 0. The van der Waals surface area contributed by atoms with E-state index < -0.39 is 17.2 Å². The summed E-state index contributed by atoms with van der Waals surface area (Å²) in [7, 11) is 1.58. The van der Waals surface area contributed by atoms with Crippen LogP contribution in [0.1, 0.15) is 25.5 Å². The summed E-state index contributed by atoms with van der Waals surface area (Å²) in [5.74, 6) is -0.0148. The number of ketones is 1. The number of benzene rings is 2. The highest BCUT2D eigenvalue weighted by Crippen LogP contribution is 2.27. The van der Waals surface area contributed by atoms with Gasteiger partial charge in [0.05, 0.1) is 12.2 Å². The lowest BCUT2D eigenvalue weighted by molar-refractivity contribution is -0.731. The maximum Gasteiger partial charge on any atom is 0.285 e. The van der Waals surface area contributed by atoms with E-state index in [0.717, 1.165) is 27.9 Å². The number of hydrogen-bond acceptors (Lipinski definition) is 9. The zero-order chi connectivity index (χ0) is 25.4. The van der Waals surface area contributed by atoms with Crippen molar-refractivity contribution in [2.75, 3.05) is 13.7 Å². The Kier molecular flexibility index (Phi) is 8.35. The molecule has 0 spiro atoms. The smallest absolute Gasteiger partial charge is 0.285 e. The molecule has 2 heterocycles. The van der Waals surface area contributed by atoms with Crippen molar-refractivity contribution in [1.29, 1.82) is 0 Å². The van der Waals surface area contributed by atoms with E-state index in [9.17, 15) is 14.4 Å². The molecule has 2 aromatic carbocycles. The van der Waals surface area contributed by atoms with E-state index in [0.29, 0.717) is 30.5 Å². The predicted molar refractivity (Wildman–Crippen MR) is 122 cm³/mol. The molecule has 0 fully saturated rings. The highest BCUT2D eigenvalue weighted by molar-refractivity contribution is 6.03. The van der Waals surface area contributed by atoms with Crippen LogP contribution in [0.3, 0.4) is 0 Å². The maximum absolute atomic E-state index is 12.3. The highest BCUT2D eigenvalue weighted by Gasteiger charge is 2.32. The van der Waals surface area contributed by atoms with Gasteiger partial charge in [-0.05, 0) is 24.6 Å². The van der Waals surface area contributed by atoms with Crippen LogP contribution >= 0.6 is 0 Å². The third-order valence-corrected chi connectivity index (χ3v) is 5.10. The first-order chi connectivity index (χ1) is 16.8. The molecule has 0 bridgehead atoms. The zero-order valence-electron chi connectivity index (χ0n) is 18.7. The summed E-state index contributed by atoms with van der Waals surface area (Å²) < 4.78 is 7.45. The SMILES string of the molecule is COc1cccc2c1nc1ccccc1[n+]2C(CCCC=O)ON1CC(=O)C=CC1=O.O=[N+]([O-])[O-]. The normalized spacial score (nSPS) is 13.9. The second-order valence-electron chi connectivity index (χ2n) is 7.35. The fourth-order valence-corrected chi connectivity index (χ4v) is 3.67. The van der Waals surface area contributed by atoms with E-state index in [4.69, 9.17) is 29.9 Å². The number of hydroxylamine groups is 2. The molecular formula is C23H22N4O8. The molecule has 0 N–H and O–H groups in total. The summed E-state index contributed by atoms with van der Waals surface area (Å²) in [6.45, 7) is -0.162. The van der Waals surface area contributed by atoms with Gasteiger partial charge in [0.2, 0.25) is 11.0 Å². The number of unbranched alkanes of at least 4 members (excludes halogenated alkanes) is 1. The Bertz CT molecular complexity index is 1290. The van der Waals surface area contributed by atoms with Crippen LogP contribution in [0.5, 0.6) is 5.75 Å². The molecule has 3 aromatic rings. The first kappa shape index (κ1) is 25.2. The summed E-state index contributed by atoms with van der Waals surface area (Å²) in [6, 6.07) is 13.2. The average Bonchev–Trinajstić information content (AvgIpc) is 2.83. The van der Waals surface area contributed by atoms with Gasteiger partial charge < -0.3 is 24.9 Å². The van der Waals surface area contributed by atoms with E-state index in [2.05, 4.69) is 0 Å². The summed E-state index contributed by atoms with van der Waals surface area (Å²) in [5, 5.41) is 15.8. The number of para-hydroxylation sites is 3. The molecule has 35 heavy (non-hydrogen) atoms. The van der Waals surface area contributed by atoms with Gasteiger partial charge >= 0.3 is 0 Å². The third kappa shape index (κ3) is 6.12. The van der Waals surface area contributed by atoms with Crippen molar-refractivity contribution in [2.24, 2.45) is 0 Å². The average molecular weight is 482 g/mol. The molecule has 0 saturated heterocycles.